The van der Waals surface area contributed by atoms with E-state index in [2.05, 4.69) is 0 Å². The van der Waals surface area contributed by atoms with Crippen molar-refractivity contribution in [3.63, 3.8) is 0 Å². The van der Waals surface area contributed by atoms with Crippen molar-refractivity contribution < 1.29 is 23.8 Å². The van der Waals surface area contributed by atoms with E-state index in [1.54, 1.807) is 4.90 Å². The lowest BCUT2D eigenvalue weighted by atomic mass is 9.96. The van der Waals surface area contributed by atoms with Crippen LogP contribution >= 0.6 is 0 Å². The Morgan fingerprint density at radius 1 is 1.04 bits per heavy atom. The minimum absolute atomic E-state index is 0.0334. The standard InChI is InChI=1S/C18H30N2O5/c1-18(2,3)25-17(22)20-9-5-7-14(20)15(21)19-8-4-6-13(12-19)16-23-10-11-24-16/h13-14,16H,4-12H2,1-3H3/t13?,14-/m0/s1. The predicted molar refractivity (Wildman–Crippen MR) is 91.0 cm³/mol. The summed E-state index contributed by atoms with van der Waals surface area (Å²) < 4.78 is 16.7. The summed E-state index contributed by atoms with van der Waals surface area (Å²) in [5.74, 6) is 0.252. The van der Waals surface area contributed by atoms with Gasteiger partial charge in [0.15, 0.2) is 6.29 Å². The van der Waals surface area contributed by atoms with Crippen LogP contribution < -0.4 is 0 Å². The van der Waals surface area contributed by atoms with Gasteiger partial charge in [0.1, 0.15) is 11.6 Å². The second-order valence-corrected chi connectivity index (χ2v) is 8.13. The van der Waals surface area contributed by atoms with Crippen LogP contribution in [-0.4, -0.2) is 72.6 Å². The number of ether oxygens (including phenoxy) is 3. The van der Waals surface area contributed by atoms with Crippen LogP contribution in [0.3, 0.4) is 0 Å². The van der Waals surface area contributed by atoms with Crippen LogP contribution in [0, 0.1) is 5.92 Å². The zero-order chi connectivity index (χ0) is 18.0. The molecular formula is C18H30N2O5. The average molecular weight is 354 g/mol. The Hall–Kier alpha value is -1.34. The summed E-state index contributed by atoms with van der Waals surface area (Å²) in [5, 5.41) is 0. The monoisotopic (exact) mass is 354 g/mol. The van der Waals surface area contributed by atoms with Crippen LogP contribution in [0.4, 0.5) is 4.79 Å². The number of hydrogen-bond acceptors (Lipinski definition) is 5. The van der Waals surface area contributed by atoms with Crippen molar-refractivity contribution in [3.05, 3.63) is 0 Å². The molecule has 7 nitrogen and oxygen atoms in total. The van der Waals surface area contributed by atoms with Gasteiger partial charge in [0, 0.05) is 25.6 Å². The van der Waals surface area contributed by atoms with Gasteiger partial charge in [-0.1, -0.05) is 0 Å². The first kappa shape index (κ1) is 18.5. The molecule has 7 heteroatoms. The van der Waals surface area contributed by atoms with Crippen molar-refractivity contribution in [1.82, 2.24) is 9.80 Å². The molecule has 0 aromatic heterocycles. The fraction of sp³-hybridized carbons (Fsp3) is 0.889. The van der Waals surface area contributed by atoms with Crippen molar-refractivity contribution in [2.24, 2.45) is 5.92 Å². The number of carbonyl (C=O) groups is 2. The van der Waals surface area contributed by atoms with E-state index in [1.165, 1.54) is 0 Å². The van der Waals surface area contributed by atoms with Crippen LogP contribution in [0.25, 0.3) is 0 Å². The minimum atomic E-state index is -0.555. The third kappa shape index (κ3) is 4.44. The summed E-state index contributed by atoms with van der Waals surface area (Å²) in [6, 6.07) is -0.404. The fourth-order valence-electron chi connectivity index (χ4n) is 3.85. The van der Waals surface area contributed by atoms with Crippen LogP contribution in [0.1, 0.15) is 46.5 Å². The van der Waals surface area contributed by atoms with Crippen LogP contribution in [0.15, 0.2) is 0 Å². The van der Waals surface area contributed by atoms with Gasteiger partial charge in [0.05, 0.1) is 13.2 Å². The molecule has 25 heavy (non-hydrogen) atoms. The van der Waals surface area contributed by atoms with Gasteiger partial charge in [-0.25, -0.2) is 4.79 Å². The maximum atomic E-state index is 13.0. The molecule has 0 aliphatic carbocycles. The maximum absolute atomic E-state index is 13.0. The van der Waals surface area contributed by atoms with Gasteiger partial charge in [-0.2, -0.15) is 0 Å². The molecule has 0 radical (unpaired) electrons. The molecule has 3 heterocycles. The van der Waals surface area contributed by atoms with E-state index < -0.39 is 11.6 Å². The Kier molecular flexibility index (Phi) is 5.53. The van der Waals surface area contributed by atoms with Gasteiger partial charge in [-0.05, 0) is 46.5 Å². The zero-order valence-corrected chi connectivity index (χ0v) is 15.5. The van der Waals surface area contributed by atoms with Gasteiger partial charge < -0.3 is 19.1 Å². The Balaban J connectivity index is 1.61. The van der Waals surface area contributed by atoms with E-state index in [9.17, 15) is 9.59 Å². The summed E-state index contributed by atoms with van der Waals surface area (Å²) in [5.41, 5.74) is -0.555. The van der Waals surface area contributed by atoms with Crippen molar-refractivity contribution in [2.45, 2.75) is 64.4 Å². The highest BCUT2D eigenvalue weighted by Gasteiger charge is 2.41. The fourth-order valence-corrected chi connectivity index (χ4v) is 3.85. The van der Waals surface area contributed by atoms with E-state index in [0.717, 1.165) is 25.8 Å². The number of likely N-dealkylation sites (tertiary alicyclic amines) is 2. The highest BCUT2D eigenvalue weighted by molar-refractivity contribution is 5.86. The van der Waals surface area contributed by atoms with E-state index in [-0.39, 0.29) is 24.2 Å². The van der Waals surface area contributed by atoms with Gasteiger partial charge in [-0.3, -0.25) is 9.69 Å². The second-order valence-electron chi connectivity index (χ2n) is 8.13. The first-order valence-electron chi connectivity index (χ1n) is 9.37. The quantitative estimate of drug-likeness (QED) is 0.759. The molecule has 142 valence electrons. The lowest BCUT2D eigenvalue weighted by molar-refractivity contribution is -0.143. The molecule has 0 aromatic carbocycles. The molecular weight excluding hydrogens is 324 g/mol. The predicted octanol–water partition coefficient (Wildman–Crippen LogP) is 2.00. The SMILES string of the molecule is CC(C)(C)OC(=O)N1CCC[C@H]1C(=O)N1CCCC(C2OCCO2)C1. The van der Waals surface area contributed by atoms with Gasteiger partial charge >= 0.3 is 6.09 Å². The van der Waals surface area contributed by atoms with Crippen LogP contribution in [0.2, 0.25) is 0 Å². The molecule has 0 spiro atoms. The molecule has 3 aliphatic heterocycles. The molecule has 2 amide bonds. The van der Waals surface area contributed by atoms with E-state index in [1.807, 2.05) is 25.7 Å². The third-order valence-corrected chi connectivity index (χ3v) is 4.97. The number of piperidine rings is 1. The normalized spacial score (nSPS) is 28.4. The summed E-state index contributed by atoms with van der Waals surface area (Å²) >= 11 is 0. The smallest absolute Gasteiger partial charge is 0.410 e. The van der Waals surface area contributed by atoms with E-state index in [4.69, 9.17) is 14.2 Å². The molecule has 3 saturated heterocycles. The van der Waals surface area contributed by atoms with Crippen molar-refractivity contribution in [2.75, 3.05) is 32.8 Å². The summed E-state index contributed by atoms with van der Waals surface area (Å²) in [6.45, 7) is 8.74. The molecule has 0 saturated carbocycles. The highest BCUT2D eigenvalue weighted by atomic mass is 16.7. The maximum Gasteiger partial charge on any atom is 0.410 e. The van der Waals surface area contributed by atoms with E-state index in [0.29, 0.717) is 32.7 Å². The molecule has 3 aliphatic rings. The van der Waals surface area contributed by atoms with Gasteiger partial charge in [-0.15, -0.1) is 0 Å². The summed E-state index contributed by atoms with van der Waals surface area (Å²) in [4.78, 5) is 28.9. The molecule has 3 rings (SSSR count). The molecule has 0 N–H and O–H groups in total. The van der Waals surface area contributed by atoms with Gasteiger partial charge in [0.2, 0.25) is 5.91 Å². The molecule has 1 unspecified atom stereocenters. The third-order valence-electron chi connectivity index (χ3n) is 4.97. The number of rotatable bonds is 2. The lowest BCUT2D eigenvalue weighted by Gasteiger charge is -2.37. The minimum Gasteiger partial charge on any atom is -0.444 e. The zero-order valence-electron chi connectivity index (χ0n) is 15.5. The number of hydrogen-bond donors (Lipinski definition) is 0. The summed E-state index contributed by atoms with van der Waals surface area (Å²) in [7, 11) is 0. The average Bonchev–Trinajstić information content (AvgIpc) is 3.24. The largest absolute Gasteiger partial charge is 0.444 e. The van der Waals surface area contributed by atoms with Gasteiger partial charge in [0.25, 0.3) is 0 Å². The second kappa shape index (κ2) is 7.50. The highest BCUT2D eigenvalue weighted by Crippen LogP contribution is 2.28. The molecule has 0 bridgehead atoms. The topological polar surface area (TPSA) is 68.3 Å². The first-order valence-corrected chi connectivity index (χ1v) is 9.37. The Bertz CT molecular complexity index is 498. The summed E-state index contributed by atoms with van der Waals surface area (Å²) in [6.07, 6.45) is 2.91. The van der Waals surface area contributed by atoms with Crippen molar-refractivity contribution in [1.29, 1.82) is 0 Å². The van der Waals surface area contributed by atoms with Crippen molar-refractivity contribution >= 4 is 12.0 Å². The lowest BCUT2D eigenvalue weighted by Crippen LogP contribution is -2.52. The molecule has 0 aromatic rings. The van der Waals surface area contributed by atoms with Crippen molar-refractivity contribution in [3.8, 4) is 0 Å². The number of carbonyl (C=O) groups excluding carboxylic acids is 2. The van der Waals surface area contributed by atoms with E-state index >= 15 is 0 Å². The Morgan fingerprint density at radius 2 is 1.72 bits per heavy atom. The number of amides is 2. The first-order chi connectivity index (χ1) is 11.8. The Labute approximate surface area is 149 Å². The Morgan fingerprint density at radius 3 is 2.40 bits per heavy atom. The molecule has 2 atom stereocenters. The molecule has 3 fully saturated rings. The van der Waals surface area contributed by atoms with Crippen LogP contribution in [-0.2, 0) is 19.0 Å². The number of nitrogens with zero attached hydrogens (tertiary/aromatic N) is 2. The van der Waals surface area contributed by atoms with Crippen LogP contribution in [0.5, 0.6) is 0 Å².